The normalized spacial score (nSPS) is 16.4. The standard InChI is InChI=1S/C28H28N2O8S/c1-6-37-20-13-16(8-10-18(20)31)22-21(23(32)17-9-11-19(36-5)14(3)12-17)24(33)26(34)30(22)28-29-15(4)25(39-28)27(35)38-7-2/h8-13,22,31-32H,6-7H2,1-5H3. The predicted molar refractivity (Wildman–Crippen MR) is 145 cm³/mol. The summed E-state index contributed by atoms with van der Waals surface area (Å²) in [6.45, 7) is 7.23. The molecule has 10 nitrogen and oxygen atoms in total. The van der Waals surface area contributed by atoms with Crippen LogP contribution in [0.1, 0.15) is 51.9 Å². The highest BCUT2D eigenvalue weighted by atomic mass is 32.1. The lowest BCUT2D eigenvalue weighted by atomic mass is 9.94. The molecule has 39 heavy (non-hydrogen) atoms. The number of rotatable bonds is 8. The van der Waals surface area contributed by atoms with Crippen molar-refractivity contribution in [2.75, 3.05) is 25.2 Å². The van der Waals surface area contributed by atoms with Gasteiger partial charge < -0.3 is 24.4 Å². The Balaban J connectivity index is 1.95. The fourth-order valence-electron chi connectivity index (χ4n) is 4.37. The molecule has 204 valence electrons. The van der Waals surface area contributed by atoms with Gasteiger partial charge >= 0.3 is 11.9 Å². The Morgan fingerprint density at radius 2 is 1.82 bits per heavy atom. The van der Waals surface area contributed by atoms with E-state index in [9.17, 15) is 24.6 Å². The fourth-order valence-corrected chi connectivity index (χ4v) is 5.36. The van der Waals surface area contributed by atoms with E-state index in [4.69, 9.17) is 14.2 Å². The average molecular weight is 553 g/mol. The summed E-state index contributed by atoms with van der Waals surface area (Å²) in [6.07, 6.45) is 0. The first-order valence-electron chi connectivity index (χ1n) is 12.2. The predicted octanol–water partition coefficient (Wildman–Crippen LogP) is 4.68. The molecule has 1 fully saturated rings. The molecule has 1 aliphatic heterocycles. The summed E-state index contributed by atoms with van der Waals surface area (Å²) in [5.41, 5.74) is 1.56. The van der Waals surface area contributed by atoms with Crippen LogP contribution in [0.4, 0.5) is 5.13 Å². The zero-order valence-electron chi connectivity index (χ0n) is 22.1. The minimum Gasteiger partial charge on any atom is -0.507 e. The summed E-state index contributed by atoms with van der Waals surface area (Å²) in [5.74, 6) is -2.24. The van der Waals surface area contributed by atoms with E-state index in [1.54, 1.807) is 45.9 Å². The second-order valence-corrected chi connectivity index (χ2v) is 9.62. The van der Waals surface area contributed by atoms with Gasteiger partial charge in [0.2, 0.25) is 0 Å². The van der Waals surface area contributed by atoms with Crippen molar-refractivity contribution in [2.24, 2.45) is 0 Å². The number of amides is 1. The van der Waals surface area contributed by atoms with Gasteiger partial charge in [-0.1, -0.05) is 17.4 Å². The molecule has 2 aromatic carbocycles. The molecule has 4 rings (SSSR count). The lowest BCUT2D eigenvalue weighted by Gasteiger charge is -2.23. The number of Topliss-reactive ketones (excluding diaryl/α,β-unsaturated/α-hetero) is 1. The number of phenolic OH excluding ortho intramolecular Hbond substituents is 1. The van der Waals surface area contributed by atoms with Gasteiger partial charge in [-0.25, -0.2) is 9.78 Å². The van der Waals surface area contributed by atoms with Crippen LogP contribution in [0.25, 0.3) is 5.76 Å². The molecule has 0 radical (unpaired) electrons. The van der Waals surface area contributed by atoms with Gasteiger partial charge in [0.05, 0.1) is 37.6 Å². The molecular formula is C28H28N2O8S. The number of ether oxygens (including phenoxy) is 3. The van der Waals surface area contributed by atoms with Crippen LogP contribution < -0.4 is 14.4 Å². The Hall–Kier alpha value is -4.38. The number of phenols is 1. The number of aliphatic hydroxyl groups is 1. The number of aromatic nitrogens is 1. The Bertz CT molecular complexity index is 1490. The lowest BCUT2D eigenvalue weighted by Crippen LogP contribution is -2.29. The van der Waals surface area contributed by atoms with Crippen molar-refractivity contribution in [1.29, 1.82) is 0 Å². The van der Waals surface area contributed by atoms with E-state index in [0.717, 1.165) is 16.2 Å². The maximum atomic E-state index is 13.5. The molecule has 1 amide bonds. The van der Waals surface area contributed by atoms with Crippen molar-refractivity contribution < 1.29 is 38.8 Å². The second-order valence-electron chi connectivity index (χ2n) is 8.65. The van der Waals surface area contributed by atoms with Crippen LogP contribution in [0.15, 0.2) is 42.0 Å². The molecule has 1 aliphatic rings. The maximum Gasteiger partial charge on any atom is 0.350 e. The Kier molecular flexibility index (Phi) is 7.91. The summed E-state index contributed by atoms with van der Waals surface area (Å²) in [7, 11) is 1.52. The number of hydrogen-bond donors (Lipinski definition) is 2. The van der Waals surface area contributed by atoms with Crippen molar-refractivity contribution in [2.45, 2.75) is 33.7 Å². The molecule has 11 heteroatoms. The van der Waals surface area contributed by atoms with E-state index in [1.165, 1.54) is 25.3 Å². The molecule has 1 aromatic heterocycles. The van der Waals surface area contributed by atoms with E-state index in [0.29, 0.717) is 28.1 Å². The minimum absolute atomic E-state index is 0.0821. The van der Waals surface area contributed by atoms with Crippen LogP contribution in [0.5, 0.6) is 17.2 Å². The third-order valence-electron chi connectivity index (χ3n) is 6.16. The van der Waals surface area contributed by atoms with Gasteiger partial charge in [-0.3, -0.25) is 14.5 Å². The quantitative estimate of drug-likeness (QED) is 0.177. The van der Waals surface area contributed by atoms with Crippen LogP contribution >= 0.6 is 11.3 Å². The third-order valence-corrected chi connectivity index (χ3v) is 7.30. The molecule has 0 saturated carbocycles. The number of ketones is 1. The Morgan fingerprint density at radius 3 is 2.46 bits per heavy atom. The molecule has 0 bridgehead atoms. The molecule has 1 atom stereocenters. The number of esters is 1. The van der Waals surface area contributed by atoms with Crippen molar-refractivity contribution >= 4 is 39.9 Å². The number of aromatic hydroxyl groups is 1. The topological polar surface area (TPSA) is 135 Å². The van der Waals surface area contributed by atoms with Crippen LogP contribution in [0, 0.1) is 13.8 Å². The molecule has 2 N–H and O–H groups in total. The van der Waals surface area contributed by atoms with Gasteiger partial charge in [0.15, 0.2) is 16.6 Å². The monoisotopic (exact) mass is 552 g/mol. The van der Waals surface area contributed by atoms with Gasteiger partial charge in [0.25, 0.3) is 5.78 Å². The Morgan fingerprint density at radius 1 is 1.08 bits per heavy atom. The zero-order chi connectivity index (χ0) is 28.4. The summed E-state index contributed by atoms with van der Waals surface area (Å²) in [5, 5.41) is 21.8. The van der Waals surface area contributed by atoms with E-state index >= 15 is 0 Å². The van der Waals surface area contributed by atoms with E-state index in [2.05, 4.69) is 4.98 Å². The van der Waals surface area contributed by atoms with Gasteiger partial charge in [-0.15, -0.1) is 0 Å². The maximum absolute atomic E-state index is 13.5. The number of aryl methyl sites for hydroxylation is 2. The highest BCUT2D eigenvalue weighted by molar-refractivity contribution is 7.17. The smallest absolute Gasteiger partial charge is 0.350 e. The summed E-state index contributed by atoms with van der Waals surface area (Å²) in [4.78, 5) is 45.2. The van der Waals surface area contributed by atoms with E-state index < -0.39 is 29.5 Å². The SMILES string of the molecule is CCOC(=O)c1sc(N2C(=O)C(=O)C(=C(O)c3ccc(OC)c(C)c3)C2c2ccc(O)c(OCC)c2)nc1C. The number of hydrogen-bond acceptors (Lipinski definition) is 10. The van der Waals surface area contributed by atoms with Crippen molar-refractivity contribution in [3.63, 3.8) is 0 Å². The number of nitrogens with zero attached hydrogens (tertiary/aromatic N) is 2. The number of aliphatic hydroxyl groups excluding tert-OH is 1. The molecule has 1 unspecified atom stereocenters. The first-order chi connectivity index (χ1) is 18.6. The van der Waals surface area contributed by atoms with Crippen LogP contribution in [0.2, 0.25) is 0 Å². The van der Waals surface area contributed by atoms with Crippen molar-refractivity contribution in [3.8, 4) is 17.2 Å². The number of carbonyl (C=O) groups excluding carboxylic acids is 3. The Labute approximate surface area is 229 Å². The minimum atomic E-state index is -1.13. The average Bonchev–Trinajstić information content (AvgIpc) is 3.41. The number of benzene rings is 2. The van der Waals surface area contributed by atoms with Crippen LogP contribution in [-0.2, 0) is 14.3 Å². The van der Waals surface area contributed by atoms with Gasteiger partial charge in [0, 0.05) is 5.56 Å². The number of carbonyl (C=O) groups is 3. The van der Waals surface area contributed by atoms with Crippen LogP contribution in [0.3, 0.4) is 0 Å². The lowest BCUT2D eigenvalue weighted by molar-refractivity contribution is -0.132. The van der Waals surface area contributed by atoms with Crippen molar-refractivity contribution in [1.82, 2.24) is 4.98 Å². The molecule has 2 heterocycles. The number of methoxy groups -OCH3 is 1. The highest BCUT2D eigenvalue weighted by Crippen LogP contribution is 2.45. The van der Waals surface area contributed by atoms with E-state index in [1.807, 2.05) is 0 Å². The zero-order valence-corrected chi connectivity index (χ0v) is 22.9. The van der Waals surface area contributed by atoms with Gasteiger partial charge in [0.1, 0.15) is 16.4 Å². The molecule has 0 spiro atoms. The molecule has 1 saturated heterocycles. The molecule has 0 aliphatic carbocycles. The second kappa shape index (κ2) is 11.2. The first kappa shape index (κ1) is 27.6. The summed E-state index contributed by atoms with van der Waals surface area (Å²) < 4.78 is 15.9. The van der Waals surface area contributed by atoms with Gasteiger partial charge in [-0.2, -0.15) is 0 Å². The number of anilines is 1. The number of thiazole rings is 1. The summed E-state index contributed by atoms with van der Waals surface area (Å²) in [6, 6.07) is 8.16. The highest BCUT2D eigenvalue weighted by Gasteiger charge is 2.48. The fraction of sp³-hybridized carbons (Fsp3) is 0.286. The molecule has 3 aromatic rings. The van der Waals surface area contributed by atoms with Gasteiger partial charge in [-0.05, 0) is 69.2 Å². The van der Waals surface area contributed by atoms with Crippen LogP contribution in [-0.4, -0.2) is 53.2 Å². The van der Waals surface area contributed by atoms with Crippen molar-refractivity contribution in [3.05, 3.63) is 69.2 Å². The molecular weight excluding hydrogens is 524 g/mol. The largest absolute Gasteiger partial charge is 0.507 e. The third kappa shape index (κ3) is 5.05. The van der Waals surface area contributed by atoms with E-state index in [-0.39, 0.29) is 40.3 Å². The summed E-state index contributed by atoms with van der Waals surface area (Å²) >= 11 is 0.909. The first-order valence-corrected chi connectivity index (χ1v) is 13.0.